The van der Waals surface area contributed by atoms with Gasteiger partial charge in [0.05, 0.1) is 20.6 Å². The number of hydrogen-bond donors (Lipinski definition) is 1. The smallest absolute Gasteiger partial charge is 0.228 e. The molecule has 1 amide bonds. The Morgan fingerprint density at radius 1 is 0.955 bits per heavy atom. The van der Waals surface area contributed by atoms with Crippen LogP contribution in [-0.4, -0.2) is 20.1 Å². The summed E-state index contributed by atoms with van der Waals surface area (Å²) >= 11 is 0. The van der Waals surface area contributed by atoms with Gasteiger partial charge < -0.3 is 14.8 Å². The second-order valence-corrected chi connectivity index (χ2v) is 4.96. The van der Waals surface area contributed by atoms with Crippen molar-refractivity contribution < 1.29 is 14.3 Å². The fraction of sp³-hybridized carbons (Fsp3) is 0.278. The number of anilines is 1. The van der Waals surface area contributed by atoms with E-state index in [0.717, 1.165) is 12.0 Å². The van der Waals surface area contributed by atoms with Crippen LogP contribution < -0.4 is 14.8 Å². The molecule has 2 rings (SSSR count). The molecule has 4 heteroatoms. The van der Waals surface area contributed by atoms with Crippen LogP contribution in [0.5, 0.6) is 11.5 Å². The molecule has 1 N–H and O–H groups in total. The number of methoxy groups -OCH3 is 2. The first-order valence-electron chi connectivity index (χ1n) is 7.26. The average Bonchev–Trinajstić information content (AvgIpc) is 2.55. The quantitative estimate of drug-likeness (QED) is 0.888. The Bertz CT molecular complexity index is 635. The lowest BCUT2D eigenvalue weighted by molar-refractivity contribution is -0.115. The van der Waals surface area contributed by atoms with Crippen molar-refractivity contribution in [2.24, 2.45) is 0 Å². The summed E-state index contributed by atoms with van der Waals surface area (Å²) in [4.78, 5) is 12.1. The molecule has 2 aromatic rings. The molecule has 0 unspecified atom stereocenters. The third-order valence-corrected chi connectivity index (χ3v) is 3.46. The minimum atomic E-state index is -0.0588. The molecule has 0 fully saturated rings. The summed E-state index contributed by atoms with van der Waals surface area (Å²) in [5.41, 5.74) is 2.95. The predicted molar refractivity (Wildman–Crippen MR) is 87.7 cm³/mol. The third kappa shape index (κ3) is 4.01. The molecule has 0 heterocycles. The van der Waals surface area contributed by atoms with E-state index in [-0.39, 0.29) is 5.91 Å². The van der Waals surface area contributed by atoms with Crippen molar-refractivity contribution >= 4 is 11.6 Å². The summed E-state index contributed by atoms with van der Waals surface area (Å²) in [6, 6.07) is 13.4. The lowest BCUT2D eigenvalue weighted by Crippen LogP contribution is -2.14. The molecular weight excluding hydrogens is 278 g/mol. The first-order valence-corrected chi connectivity index (χ1v) is 7.26. The van der Waals surface area contributed by atoms with Crippen molar-refractivity contribution in [2.45, 2.75) is 19.8 Å². The van der Waals surface area contributed by atoms with E-state index in [1.165, 1.54) is 5.56 Å². The number of carbonyl (C=O) groups is 1. The van der Waals surface area contributed by atoms with Gasteiger partial charge in [-0.1, -0.05) is 31.2 Å². The molecule has 4 nitrogen and oxygen atoms in total. The number of amides is 1. The van der Waals surface area contributed by atoms with Crippen LogP contribution in [0.1, 0.15) is 18.1 Å². The van der Waals surface area contributed by atoms with Crippen LogP contribution in [0.3, 0.4) is 0 Å². The van der Waals surface area contributed by atoms with Gasteiger partial charge in [-0.2, -0.15) is 0 Å². The normalized spacial score (nSPS) is 10.1. The minimum Gasteiger partial charge on any atom is -0.493 e. The highest BCUT2D eigenvalue weighted by atomic mass is 16.5. The van der Waals surface area contributed by atoms with E-state index >= 15 is 0 Å². The van der Waals surface area contributed by atoms with Crippen LogP contribution >= 0.6 is 0 Å². The average molecular weight is 299 g/mol. The van der Waals surface area contributed by atoms with Gasteiger partial charge in [0.2, 0.25) is 5.91 Å². The summed E-state index contributed by atoms with van der Waals surface area (Å²) in [5.74, 6) is 1.17. The summed E-state index contributed by atoms with van der Waals surface area (Å²) in [6.07, 6.45) is 1.34. The molecule has 0 aliphatic carbocycles. The standard InChI is InChI=1S/C18H21NO3/c1-4-13-5-7-14(8-6-13)11-18(20)19-15-9-10-16(21-2)17(12-15)22-3/h5-10,12H,4,11H2,1-3H3,(H,19,20). The Morgan fingerprint density at radius 3 is 2.18 bits per heavy atom. The van der Waals surface area contributed by atoms with Gasteiger partial charge in [0.1, 0.15) is 0 Å². The highest BCUT2D eigenvalue weighted by Gasteiger charge is 2.08. The summed E-state index contributed by atoms with van der Waals surface area (Å²) < 4.78 is 10.4. The molecule has 116 valence electrons. The van der Waals surface area contributed by atoms with Crippen LogP contribution in [0.4, 0.5) is 5.69 Å². The van der Waals surface area contributed by atoms with Crippen LogP contribution in [0.25, 0.3) is 0 Å². The number of carbonyl (C=O) groups excluding carboxylic acids is 1. The predicted octanol–water partition coefficient (Wildman–Crippen LogP) is 3.45. The lowest BCUT2D eigenvalue weighted by atomic mass is 10.1. The van der Waals surface area contributed by atoms with Crippen molar-refractivity contribution in [3.63, 3.8) is 0 Å². The highest BCUT2D eigenvalue weighted by Crippen LogP contribution is 2.29. The molecule has 2 aromatic carbocycles. The monoisotopic (exact) mass is 299 g/mol. The minimum absolute atomic E-state index is 0.0588. The van der Waals surface area contributed by atoms with Crippen molar-refractivity contribution in [1.82, 2.24) is 0 Å². The van der Waals surface area contributed by atoms with Gasteiger partial charge in [-0.15, -0.1) is 0 Å². The van der Waals surface area contributed by atoms with E-state index in [9.17, 15) is 4.79 Å². The zero-order valence-electron chi connectivity index (χ0n) is 13.2. The zero-order chi connectivity index (χ0) is 15.9. The Kier molecular flexibility index (Phi) is 5.42. The fourth-order valence-electron chi connectivity index (χ4n) is 2.20. The second-order valence-electron chi connectivity index (χ2n) is 4.96. The van der Waals surface area contributed by atoms with Gasteiger partial charge in [-0.3, -0.25) is 4.79 Å². The maximum Gasteiger partial charge on any atom is 0.228 e. The Hall–Kier alpha value is -2.49. The molecule has 22 heavy (non-hydrogen) atoms. The van der Waals surface area contributed by atoms with Crippen LogP contribution in [0.15, 0.2) is 42.5 Å². The molecule has 0 bridgehead atoms. The Labute approximate surface area is 131 Å². The van der Waals surface area contributed by atoms with Gasteiger partial charge >= 0.3 is 0 Å². The van der Waals surface area contributed by atoms with Crippen LogP contribution in [0, 0.1) is 0 Å². The third-order valence-electron chi connectivity index (χ3n) is 3.46. The number of ether oxygens (including phenoxy) is 2. The van der Waals surface area contributed by atoms with Gasteiger partial charge in [0.25, 0.3) is 0 Å². The first kappa shape index (κ1) is 15.9. The number of benzene rings is 2. The van der Waals surface area contributed by atoms with Crippen LogP contribution in [-0.2, 0) is 17.6 Å². The van der Waals surface area contributed by atoms with Gasteiger partial charge in [0.15, 0.2) is 11.5 Å². The van der Waals surface area contributed by atoms with E-state index in [4.69, 9.17) is 9.47 Å². The molecule has 0 aliphatic heterocycles. The van der Waals surface area contributed by atoms with Crippen molar-refractivity contribution in [3.8, 4) is 11.5 Å². The summed E-state index contributed by atoms with van der Waals surface area (Å²) in [7, 11) is 3.15. The lowest BCUT2D eigenvalue weighted by Gasteiger charge is -2.10. The van der Waals surface area contributed by atoms with Gasteiger partial charge in [-0.25, -0.2) is 0 Å². The van der Waals surface area contributed by atoms with E-state index in [0.29, 0.717) is 23.6 Å². The van der Waals surface area contributed by atoms with Crippen molar-refractivity contribution in [3.05, 3.63) is 53.6 Å². The molecule has 0 atom stereocenters. The van der Waals surface area contributed by atoms with E-state index in [2.05, 4.69) is 24.4 Å². The first-order chi connectivity index (χ1) is 10.7. The maximum absolute atomic E-state index is 12.1. The van der Waals surface area contributed by atoms with E-state index in [1.807, 2.05) is 12.1 Å². The van der Waals surface area contributed by atoms with Crippen molar-refractivity contribution in [2.75, 3.05) is 19.5 Å². The Balaban J connectivity index is 2.02. The fourth-order valence-corrected chi connectivity index (χ4v) is 2.20. The number of aryl methyl sites for hydroxylation is 1. The second kappa shape index (κ2) is 7.50. The largest absolute Gasteiger partial charge is 0.493 e. The molecule has 0 spiro atoms. The van der Waals surface area contributed by atoms with Gasteiger partial charge in [-0.05, 0) is 29.7 Å². The molecule has 0 saturated carbocycles. The maximum atomic E-state index is 12.1. The zero-order valence-corrected chi connectivity index (χ0v) is 13.2. The Morgan fingerprint density at radius 2 is 1.59 bits per heavy atom. The topological polar surface area (TPSA) is 47.6 Å². The molecule has 0 saturated heterocycles. The SMILES string of the molecule is CCc1ccc(CC(=O)Nc2ccc(OC)c(OC)c2)cc1. The molecule has 0 radical (unpaired) electrons. The summed E-state index contributed by atoms with van der Waals surface area (Å²) in [5, 5.41) is 2.87. The van der Waals surface area contributed by atoms with Crippen LogP contribution in [0.2, 0.25) is 0 Å². The van der Waals surface area contributed by atoms with E-state index in [1.54, 1.807) is 32.4 Å². The molecular formula is C18H21NO3. The van der Waals surface area contributed by atoms with Gasteiger partial charge in [0, 0.05) is 11.8 Å². The highest BCUT2D eigenvalue weighted by molar-refractivity contribution is 5.92. The molecule has 0 aliphatic rings. The number of nitrogens with one attached hydrogen (secondary N) is 1. The van der Waals surface area contributed by atoms with E-state index < -0.39 is 0 Å². The number of rotatable bonds is 6. The van der Waals surface area contributed by atoms with Crippen molar-refractivity contribution in [1.29, 1.82) is 0 Å². The number of hydrogen-bond acceptors (Lipinski definition) is 3. The summed E-state index contributed by atoms with van der Waals surface area (Å²) in [6.45, 7) is 2.11. The molecule has 0 aromatic heterocycles.